The standard InChI is InChI=1S/C17H16ClN3O4S2/c1-8(22)26-15(19-10-5-3-9(18)4-6-10)20-11-12(23)21-13(11)27-16(2)7-17(16,21)14(24)25/h3-6,11,13H,7H2,1-2H3,(H,19,20)(H,24,25)/t11?,13-,16?,17?/m1/s1. The second-order valence-electron chi connectivity index (χ2n) is 6.89. The normalized spacial score (nSPS) is 33.8. The fourth-order valence-corrected chi connectivity index (χ4v) is 6.32. The Morgan fingerprint density at radius 2 is 2.07 bits per heavy atom. The van der Waals surface area contributed by atoms with Gasteiger partial charge in [0.25, 0.3) is 5.91 Å². The molecule has 0 spiro atoms. The average Bonchev–Trinajstić information content (AvgIpc) is 3.12. The van der Waals surface area contributed by atoms with E-state index in [9.17, 15) is 19.5 Å². The van der Waals surface area contributed by atoms with Gasteiger partial charge in [0.2, 0.25) is 0 Å². The highest BCUT2D eigenvalue weighted by molar-refractivity contribution is 8.26. The van der Waals surface area contributed by atoms with Crippen molar-refractivity contribution in [1.29, 1.82) is 0 Å². The van der Waals surface area contributed by atoms with Crippen LogP contribution in [-0.4, -0.2) is 53.9 Å². The number of amides is 1. The minimum atomic E-state index is -1.11. The number of nitrogens with one attached hydrogen (secondary N) is 1. The van der Waals surface area contributed by atoms with Crippen molar-refractivity contribution in [1.82, 2.24) is 4.90 Å². The van der Waals surface area contributed by atoms with Crippen LogP contribution in [0.5, 0.6) is 0 Å². The Labute approximate surface area is 168 Å². The summed E-state index contributed by atoms with van der Waals surface area (Å²) < 4.78 is -0.471. The predicted octanol–water partition coefficient (Wildman–Crippen LogP) is 2.66. The van der Waals surface area contributed by atoms with Crippen LogP contribution in [0.3, 0.4) is 0 Å². The van der Waals surface area contributed by atoms with Gasteiger partial charge in [0.05, 0.1) is 4.75 Å². The first-order valence-corrected chi connectivity index (χ1v) is 10.3. The molecule has 7 nitrogen and oxygen atoms in total. The molecule has 1 aliphatic carbocycles. The molecule has 27 heavy (non-hydrogen) atoms. The molecule has 3 unspecified atom stereocenters. The van der Waals surface area contributed by atoms with Crippen molar-refractivity contribution in [3.63, 3.8) is 0 Å². The van der Waals surface area contributed by atoms with Crippen molar-refractivity contribution < 1.29 is 19.5 Å². The minimum Gasteiger partial charge on any atom is -0.479 e. The Balaban J connectivity index is 1.57. The molecule has 1 amide bonds. The maximum Gasteiger partial charge on any atom is 0.331 e. The molecule has 0 radical (unpaired) electrons. The van der Waals surface area contributed by atoms with Crippen molar-refractivity contribution in [3.05, 3.63) is 29.3 Å². The third-order valence-corrected chi connectivity index (χ3v) is 7.75. The van der Waals surface area contributed by atoms with Gasteiger partial charge in [-0.3, -0.25) is 9.59 Å². The maximum atomic E-state index is 12.7. The highest BCUT2D eigenvalue weighted by atomic mass is 35.5. The molecule has 1 aromatic rings. The number of benzene rings is 1. The highest BCUT2D eigenvalue weighted by Gasteiger charge is 2.85. The Morgan fingerprint density at radius 3 is 2.67 bits per heavy atom. The summed E-state index contributed by atoms with van der Waals surface area (Å²) in [6.07, 6.45) is 0.455. The molecule has 2 heterocycles. The van der Waals surface area contributed by atoms with E-state index in [-0.39, 0.29) is 16.4 Å². The number of β-lactam (4-membered cyclic amide) rings is 1. The number of aliphatic imine (C=N–C) groups is 1. The lowest BCUT2D eigenvalue weighted by atomic mass is 10.0. The molecule has 1 aromatic carbocycles. The molecule has 4 atom stereocenters. The second kappa shape index (κ2) is 6.15. The lowest BCUT2D eigenvalue weighted by Gasteiger charge is -2.44. The summed E-state index contributed by atoms with van der Waals surface area (Å²) >= 11 is 8.26. The van der Waals surface area contributed by atoms with Crippen LogP contribution in [0.25, 0.3) is 0 Å². The number of anilines is 1. The summed E-state index contributed by atoms with van der Waals surface area (Å²) in [5.74, 6) is -1.27. The second-order valence-corrected chi connectivity index (χ2v) is 10.1. The molecular weight excluding hydrogens is 410 g/mol. The quantitative estimate of drug-likeness (QED) is 0.436. The summed E-state index contributed by atoms with van der Waals surface area (Å²) in [4.78, 5) is 41.9. The molecule has 3 fully saturated rings. The van der Waals surface area contributed by atoms with Crippen molar-refractivity contribution in [2.75, 3.05) is 5.32 Å². The SMILES string of the molecule is CC(=O)SC(=NC1C(=O)N2[C@@H]1SC1(C)CC21C(=O)O)Nc1ccc(Cl)cc1. The Kier molecular flexibility index (Phi) is 4.25. The lowest BCUT2D eigenvalue weighted by molar-refractivity contribution is -0.161. The van der Waals surface area contributed by atoms with E-state index >= 15 is 0 Å². The van der Waals surface area contributed by atoms with E-state index < -0.39 is 22.3 Å². The number of carboxylic acids is 1. The van der Waals surface area contributed by atoms with Crippen molar-refractivity contribution in [3.8, 4) is 0 Å². The molecule has 3 aliphatic rings. The summed E-state index contributed by atoms with van der Waals surface area (Å²) in [5, 5.41) is 13.0. The van der Waals surface area contributed by atoms with Gasteiger partial charge in [-0.2, -0.15) is 0 Å². The van der Waals surface area contributed by atoms with Crippen LogP contribution in [0.15, 0.2) is 29.3 Å². The molecular formula is C17H16ClN3O4S2. The van der Waals surface area contributed by atoms with Gasteiger partial charge in [0.15, 0.2) is 21.9 Å². The maximum absolute atomic E-state index is 12.7. The van der Waals surface area contributed by atoms with Gasteiger partial charge in [-0.05, 0) is 43.0 Å². The van der Waals surface area contributed by atoms with Gasteiger partial charge < -0.3 is 15.3 Å². The Hall–Kier alpha value is -1.71. The molecule has 142 valence electrons. The molecule has 2 aliphatic heterocycles. The van der Waals surface area contributed by atoms with Crippen molar-refractivity contribution in [2.45, 2.75) is 42.0 Å². The van der Waals surface area contributed by atoms with Crippen LogP contribution in [0.2, 0.25) is 5.02 Å². The fourth-order valence-electron chi connectivity index (χ4n) is 3.69. The average molecular weight is 426 g/mol. The van der Waals surface area contributed by atoms with Gasteiger partial charge >= 0.3 is 5.97 Å². The largest absolute Gasteiger partial charge is 0.479 e. The van der Waals surface area contributed by atoms with E-state index in [0.29, 0.717) is 22.3 Å². The molecule has 0 aromatic heterocycles. The third-order valence-electron chi connectivity index (χ3n) is 5.10. The fraction of sp³-hybridized carbons (Fsp3) is 0.412. The Morgan fingerprint density at radius 1 is 1.41 bits per heavy atom. The number of carbonyl (C=O) groups excluding carboxylic acids is 2. The predicted molar refractivity (Wildman–Crippen MR) is 106 cm³/mol. The van der Waals surface area contributed by atoms with Crippen molar-refractivity contribution >= 4 is 63.0 Å². The van der Waals surface area contributed by atoms with Crippen LogP contribution in [0.1, 0.15) is 20.3 Å². The first-order chi connectivity index (χ1) is 12.7. The van der Waals surface area contributed by atoms with E-state index in [1.165, 1.54) is 23.6 Å². The van der Waals surface area contributed by atoms with Gasteiger partial charge in [-0.15, -0.1) is 11.8 Å². The van der Waals surface area contributed by atoms with E-state index in [4.69, 9.17) is 11.6 Å². The van der Waals surface area contributed by atoms with Gasteiger partial charge in [-0.25, -0.2) is 9.79 Å². The number of hydrogen-bond donors (Lipinski definition) is 2. The Bertz CT molecular complexity index is 893. The summed E-state index contributed by atoms with van der Waals surface area (Å²) in [7, 11) is 0. The molecule has 4 rings (SSSR count). The van der Waals surface area contributed by atoms with E-state index in [1.807, 2.05) is 6.92 Å². The summed E-state index contributed by atoms with van der Waals surface area (Å²) in [6, 6.07) is 6.19. The smallest absolute Gasteiger partial charge is 0.331 e. The lowest BCUT2D eigenvalue weighted by Crippen LogP contribution is -2.66. The van der Waals surface area contributed by atoms with Crippen LogP contribution in [0, 0.1) is 0 Å². The van der Waals surface area contributed by atoms with E-state index in [0.717, 1.165) is 11.8 Å². The highest BCUT2D eigenvalue weighted by Crippen LogP contribution is 2.72. The van der Waals surface area contributed by atoms with E-state index in [2.05, 4.69) is 10.3 Å². The van der Waals surface area contributed by atoms with Gasteiger partial charge in [-0.1, -0.05) is 11.6 Å². The number of aliphatic carboxylic acids is 1. The number of amidine groups is 1. The first kappa shape index (κ1) is 18.6. The molecule has 10 heteroatoms. The molecule has 1 saturated carbocycles. The van der Waals surface area contributed by atoms with Crippen LogP contribution in [0.4, 0.5) is 5.69 Å². The number of thioether (sulfide) groups is 2. The monoisotopic (exact) mass is 425 g/mol. The topological polar surface area (TPSA) is 99.1 Å². The molecule has 0 bridgehead atoms. The number of fused-ring (bicyclic) bond motifs is 3. The zero-order valence-electron chi connectivity index (χ0n) is 14.4. The van der Waals surface area contributed by atoms with Gasteiger partial charge in [0.1, 0.15) is 5.37 Å². The zero-order chi connectivity index (χ0) is 19.6. The minimum absolute atomic E-state index is 0.172. The molecule has 2 saturated heterocycles. The third kappa shape index (κ3) is 2.75. The first-order valence-electron chi connectivity index (χ1n) is 8.21. The van der Waals surface area contributed by atoms with Crippen LogP contribution >= 0.6 is 35.1 Å². The number of carbonyl (C=O) groups is 3. The van der Waals surface area contributed by atoms with Crippen molar-refractivity contribution in [2.24, 2.45) is 4.99 Å². The zero-order valence-corrected chi connectivity index (χ0v) is 16.8. The summed E-state index contributed by atoms with van der Waals surface area (Å²) in [5.41, 5.74) is -0.422. The van der Waals surface area contributed by atoms with E-state index in [1.54, 1.807) is 24.3 Å². The number of nitrogens with zero attached hydrogens (tertiary/aromatic N) is 2. The molecule has 2 N–H and O–H groups in total. The number of hydrogen-bond acceptors (Lipinski definition) is 6. The summed E-state index contributed by atoms with van der Waals surface area (Å²) in [6.45, 7) is 3.29. The number of carboxylic acid groups (broad SMARTS) is 1. The van der Waals surface area contributed by atoms with Gasteiger partial charge in [0, 0.05) is 24.1 Å². The number of halogens is 1. The van der Waals surface area contributed by atoms with Crippen LogP contribution < -0.4 is 5.32 Å². The number of rotatable bonds is 3. The van der Waals surface area contributed by atoms with Crippen LogP contribution in [-0.2, 0) is 14.4 Å².